The van der Waals surface area contributed by atoms with Crippen molar-refractivity contribution < 1.29 is 19.0 Å². The molecule has 0 spiro atoms. The quantitative estimate of drug-likeness (QED) is 0.571. The van der Waals surface area contributed by atoms with Crippen molar-refractivity contribution in [1.82, 2.24) is 4.90 Å². The highest BCUT2D eigenvalue weighted by Crippen LogP contribution is 2.46. The molecule has 0 atom stereocenters. The molecule has 150 valence electrons. The number of hydrogen-bond acceptors (Lipinski definition) is 4. The highest BCUT2D eigenvalue weighted by molar-refractivity contribution is 9.10. The molecule has 28 heavy (non-hydrogen) atoms. The van der Waals surface area contributed by atoms with Gasteiger partial charge >= 0.3 is 0 Å². The first kappa shape index (κ1) is 20.8. The molecule has 2 aromatic carbocycles. The second-order valence-corrected chi connectivity index (χ2v) is 7.86. The van der Waals surface area contributed by atoms with Crippen molar-refractivity contribution in [2.45, 2.75) is 24.9 Å². The molecule has 0 saturated heterocycles. The number of carbonyl (C=O) groups is 1. The number of hydrogen-bond donors (Lipinski definition) is 0. The van der Waals surface area contributed by atoms with Crippen LogP contribution in [0.25, 0.3) is 0 Å². The molecule has 5 nitrogen and oxygen atoms in total. The van der Waals surface area contributed by atoms with E-state index in [-0.39, 0.29) is 5.91 Å². The van der Waals surface area contributed by atoms with Gasteiger partial charge in [0.25, 0.3) is 5.91 Å². The molecule has 1 amide bonds. The van der Waals surface area contributed by atoms with Gasteiger partial charge in [-0.3, -0.25) is 4.79 Å². The number of carbonyl (C=O) groups excluding carboxylic acids is 1. The Morgan fingerprint density at radius 3 is 2.18 bits per heavy atom. The molecule has 2 aromatic rings. The maximum absolute atomic E-state index is 13.4. The zero-order valence-electron chi connectivity index (χ0n) is 16.5. The normalized spacial score (nSPS) is 15.0. The zero-order chi connectivity index (χ0) is 20.1. The van der Waals surface area contributed by atoms with Gasteiger partial charge in [-0.15, -0.1) is 0 Å². The monoisotopic (exact) mass is 447 g/mol. The predicted octanol–water partition coefficient (Wildman–Crippen LogP) is 4.38. The highest BCUT2D eigenvalue weighted by Gasteiger charge is 2.48. The Labute approximate surface area is 174 Å². The lowest BCUT2D eigenvalue weighted by Crippen LogP contribution is -2.45. The molecule has 0 N–H and O–H groups in total. The molecule has 1 heterocycles. The fourth-order valence-electron chi connectivity index (χ4n) is 3.92. The molecule has 1 aliphatic heterocycles. The summed E-state index contributed by atoms with van der Waals surface area (Å²) < 4.78 is 17.0. The van der Waals surface area contributed by atoms with Crippen molar-refractivity contribution in [3.63, 3.8) is 0 Å². The summed E-state index contributed by atoms with van der Waals surface area (Å²) in [4.78, 5) is 15.4. The van der Waals surface area contributed by atoms with Gasteiger partial charge in [0.05, 0.1) is 12.6 Å². The van der Waals surface area contributed by atoms with E-state index >= 15 is 0 Å². The van der Waals surface area contributed by atoms with Crippen LogP contribution < -0.4 is 4.74 Å². The number of ether oxygens (including phenoxy) is 3. The van der Waals surface area contributed by atoms with Crippen LogP contribution in [0.2, 0.25) is 0 Å². The average Bonchev–Trinajstić information content (AvgIpc) is 2.93. The first-order valence-corrected chi connectivity index (χ1v) is 10.1. The van der Waals surface area contributed by atoms with Crippen LogP contribution in [0.1, 0.15) is 34.3 Å². The number of nitrogens with zero attached hydrogens (tertiary/aromatic N) is 1. The lowest BCUT2D eigenvalue weighted by Gasteiger charge is -2.39. The SMILES string of the molecule is COCCC1(CCOC)c2cc(Br)ccc2C(=O)N1Cc1ccc(OC)cc1. The number of fused-ring (bicyclic) bond motifs is 1. The van der Waals surface area contributed by atoms with Crippen molar-refractivity contribution in [2.75, 3.05) is 34.5 Å². The summed E-state index contributed by atoms with van der Waals surface area (Å²) in [7, 11) is 5.03. The van der Waals surface area contributed by atoms with Crippen LogP contribution in [0.3, 0.4) is 0 Å². The van der Waals surface area contributed by atoms with Gasteiger partial charge in [-0.1, -0.05) is 28.1 Å². The van der Waals surface area contributed by atoms with E-state index in [1.165, 1.54) is 0 Å². The maximum atomic E-state index is 13.4. The van der Waals surface area contributed by atoms with Gasteiger partial charge in [-0.05, 0) is 54.3 Å². The second kappa shape index (κ2) is 9.07. The Bertz CT molecular complexity index is 814. The molecule has 0 radical (unpaired) electrons. The first-order valence-electron chi connectivity index (χ1n) is 9.28. The summed E-state index contributed by atoms with van der Waals surface area (Å²) in [5.74, 6) is 0.847. The summed E-state index contributed by atoms with van der Waals surface area (Å²) in [5.41, 5.74) is 2.38. The van der Waals surface area contributed by atoms with Gasteiger partial charge in [-0.25, -0.2) is 0 Å². The predicted molar refractivity (Wildman–Crippen MR) is 112 cm³/mol. The summed E-state index contributed by atoms with van der Waals surface area (Å²) in [6.07, 6.45) is 1.41. The number of halogens is 1. The maximum Gasteiger partial charge on any atom is 0.255 e. The second-order valence-electron chi connectivity index (χ2n) is 6.95. The number of benzene rings is 2. The average molecular weight is 448 g/mol. The van der Waals surface area contributed by atoms with Gasteiger partial charge in [0.1, 0.15) is 5.75 Å². The Balaban J connectivity index is 2.04. The standard InChI is InChI=1S/C22H26BrNO4/c1-26-12-10-22(11-13-27-2)20-14-17(23)6-9-19(20)21(25)24(22)15-16-4-7-18(28-3)8-5-16/h4-9,14H,10-13,15H2,1-3H3. The number of amides is 1. The number of methoxy groups -OCH3 is 3. The molecule has 1 aliphatic rings. The molecular weight excluding hydrogens is 422 g/mol. The van der Waals surface area contributed by atoms with E-state index in [4.69, 9.17) is 14.2 Å². The summed E-state index contributed by atoms with van der Waals surface area (Å²) >= 11 is 3.57. The molecule has 0 saturated carbocycles. The van der Waals surface area contributed by atoms with Gasteiger partial charge in [0.2, 0.25) is 0 Å². The van der Waals surface area contributed by atoms with Crippen molar-refractivity contribution >= 4 is 21.8 Å². The third kappa shape index (κ3) is 3.95. The lowest BCUT2D eigenvalue weighted by atomic mass is 9.83. The summed E-state index contributed by atoms with van der Waals surface area (Å²) in [6.45, 7) is 1.63. The van der Waals surface area contributed by atoms with E-state index in [2.05, 4.69) is 22.0 Å². The smallest absolute Gasteiger partial charge is 0.255 e. The highest BCUT2D eigenvalue weighted by atomic mass is 79.9. The minimum atomic E-state index is -0.470. The molecule has 0 fully saturated rings. The van der Waals surface area contributed by atoms with E-state index in [9.17, 15) is 4.79 Å². The molecular formula is C22H26BrNO4. The van der Waals surface area contributed by atoms with E-state index in [1.54, 1.807) is 21.3 Å². The summed E-state index contributed by atoms with van der Waals surface area (Å²) in [6, 6.07) is 13.7. The van der Waals surface area contributed by atoms with Gasteiger partial charge in [0, 0.05) is 44.0 Å². The molecule has 0 aliphatic carbocycles. The summed E-state index contributed by atoms with van der Waals surface area (Å²) in [5, 5.41) is 0. The third-order valence-corrected chi connectivity index (χ3v) is 5.91. The van der Waals surface area contributed by atoms with E-state index < -0.39 is 5.54 Å². The van der Waals surface area contributed by atoms with E-state index in [1.807, 2.05) is 41.3 Å². The van der Waals surface area contributed by atoms with Crippen LogP contribution in [0.4, 0.5) is 0 Å². The fraction of sp³-hybridized carbons (Fsp3) is 0.409. The minimum Gasteiger partial charge on any atom is -0.497 e. The van der Waals surface area contributed by atoms with Crippen LogP contribution in [-0.2, 0) is 21.6 Å². The molecule has 0 unspecified atom stereocenters. The van der Waals surface area contributed by atoms with Crippen molar-refractivity contribution in [2.24, 2.45) is 0 Å². The van der Waals surface area contributed by atoms with Crippen LogP contribution in [-0.4, -0.2) is 45.4 Å². The molecule has 0 bridgehead atoms. The Morgan fingerprint density at radius 2 is 1.61 bits per heavy atom. The molecule has 0 aromatic heterocycles. The Morgan fingerprint density at radius 1 is 0.964 bits per heavy atom. The largest absolute Gasteiger partial charge is 0.497 e. The van der Waals surface area contributed by atoms with Gasteiger partial charge < -0.3 is 19.1 Å². The lowest BCUT2D eigenvalue weighted by molar-refractivity contribution is 0.0244. The fourth-order valence-corrected chi connectivity index (χ4v) is 4.28. The molecule has 6 heteroatoms. The van der Waals surface area contributed by atoms with Crippen LogP contribution in [0.5, 0.6) is 5.75 Å². The van der Waals surface area contributed by atoms with Crippen molar-refractivity contribution in [3.05, 3.63) is 63.6 Å². The van der Waals surface area contributed by atoms with E-state index in [0.29, 0.717) is 32.6 Å². The Hall–Kier alpha value is -1.89. The first-order chi connectivity index (χ1) is 13.6. The van der Waals surface area contributed by atoms with Crippen molar-refractivity contribution in [3.8, 4) is 5.75 Å². The third-order valence-electron chi connectivity index (χ3n) is 5.41. The number of rotatable bonds is 9. The van der Waals surface area contributed by atoms with Crippen molar-refractivity contribution in [1.29, 1.82) is 0 Å². The molecule has 3 rings (SSSR count). The topological polar surface area (TPSA) is 48.0 Å². The Kier molecular flexibility index (Phi) is 6.75. The van der Waals surface area contributed by atoms with Gasteiger partial charge in [-0.2, -0.15) is 0 Å². The van der Waals surface area contributed by atoms with Crippen LogP contribution in [0.15, 0.2) is 46.9 Å². The van der Waals surface area contributed by atoms with E-state index in [0.717, 1.165) is 26.9 Å². The zero-order valence-corrected chi connectivity index (χ0v) is 18.1. The van der Waals surface area contributed by atoms with Crippen LogP contribution in [0, 0.1) is 0 Å². The van der Waals surface area contributed by atoms with Crippen LogP contribution >= 0.6 is 15.9 Å². The van der Waals surface area contributed by atoms with Gasteiger partial charge in [0.15, 0.2) is 0 Å². The minimum absolute atomic E-state index is 0.0468.